The first kappa shape index (κ1) is 14.4. The van der Waals surface area contributed by atoms with Gasteiger partial charge in [0.15, 0.2) is 0 Å². The Balaban J connectivity index is 2.37. The van der Waals surface area contributed by atoms with Crippen molar-refractivity contribution in [3.05, 3.63) is 35.4 Å². The average Bonchev–Trinajstić information content (AvgIpc) is 2.38. The van der Waals surface area contributed by atoms with Gasteiger partial charge < -0.3 is 10.1 Å². The van der Waals surface area contributed by atoms with E-state index in [0.717, 1.165) is 5.56 Å². The summed E-state index contributed by atoms with van der Waals surface area (Å²) in [5.41, 5.74) is 1.48. The van der Waals surface area contributed by atoms with E-state index >= 15 is 0 Å². The van der Waals surface area contributed by atoms with Crippen LogP contribution in [0, 0.1) is 6.92 Å². The van der Waals surface area contributed by atoms with Crippen LogP contribution in [0.1, 0.15) is 29.3 Å². The zero-order valence-electron chi connectivity index (χ0n) is 10.9. The standard InChI is InChI=1S/C14H19NO3/c1-3-18-10-4-9-15-14(17)13(16)12-7-5-11(2)6-8-12/h5-8H,3-4,9-10H2,1-2H3,(H,15,17). The van der Waals surface area contributed by atoms with Gasteiger partial charge >= 0.3 is 0 Å². The highest BCUT2D eigenvalue weighted by Gasteiger charge is 2.14. The third-order valence-corrected chi connectivity index (χ3v) is 2.48. The number of Topliss-reactive ketones (excluding diaryl/α,β-unsaturated/α-hetero) is 1. The number of nitrogens with one attached hydrogen (secondary N) is 1. The fourth-order valence-electron chi connectivity index (χ4n) is 1.44. The number of amides is 1. The first-order valence-electron chi connectivity index (χ1n) is 6.12. The van der Waals surface area contributed by atoms with Gasteiger partial charge in [-0.25, -0.2) is 0 Å². The highest BCUT2D eigenvalue weighted by molar-refractivity contribution is 6.42. The molecule has 0 heterocycles. The molecule has 1 N–H and O–H groups in total. The Kier molecular flexibility index (Phi) is 6.08. The molecule has 0 atom stereocenters. The number of ether oxygens (including phenoxy) is 1. The van der Waals surface area contributed by atoms with Crippen LogP contribution >= 0.6 is 0 Å². The fraction of sp³-hybridized carbons (Fsp3) is 0.429. The van der Waals surface area contributed by atoms with Crippen LogP contribution in [0.2, 0.25) is 0 Å². The molecule has 0 saturated carbocycles. The summed E-state index contributed by atoms with van der Waals surface area (Å²) in [6.07, 6.45) is 0.709. The minimum Gasteiger partial charge on any atom is -0.382 e. The molecule has 0 spiro atoms. The lowest BCUT2D eigenvalue weighted by atomic mass is 10.1. The molecule has 1 aromatic carbocycles. The number of benzene rings is 1. The van der Waals surface area contributed by atoms with Crippen LogP contribution in [0.5, 0.6) is 0 Å². The molecule has 18 heavy (non-hydrogen) atoms. The topological polar surface area (TPSA) is 55.4 Å². The first-order valence-corrected chi connectivity index (χ1v) is 6.12. The van der Waals surface area contributed by atoms with E-state index in [1.165, 1.54) is 0 Å². The Morgan fingerprint density at radius 1 is 1.22 bits per heavy atom. The van der Waals surface area contributed by atoms with Crippen molar-refractivity contribution in [2.45, 2.75) is 20.3 Å². The SMILES string of the molecule is CCOCCCNC(=O)C(=O)c1ccc(C)cc1. The largest absolute Gasteiger partial charge is 0.382 e. The lowest BCUT2D eigenvalue weighted by Crippen LogP contribution is -2.32. The van der Waals surface area contributed by atoms with Crippen molar-refractivity contribution in [3.8, 4) is 0 Å². The first-order chi connectivity index (χ1) is 8.65. The second kappa shape index (κ2) is 7.61. The third kappa shape index (κ3) is 4.67. The normalized spacial score (nSPS) is 10.1. The molecule has 0 unspecified atom stereocenters. The van der Waals surface area contributed by atoms with Gasteiger partial charge in [-0.3, -0.25) is 9.59 Å². The molecular weight excluding hydrogens is 230 g/mol. The number of carbonyl (C=O) groups is 2. The van der Waals surface area contributed by atoms with Crippen LogP contribution < -0.4 is 5.32 Å². The average molecular weight is 249 g/mol. The van der Waals surface area contributed by atoms with Crippen molar-refractivity contribution in [1.29, 1.82) is 0 Å². The van der Waals surface area contributed by atoms with Gasteiger partial charge in [-0.2, -0.15) is 0 Å². The molecule has 1 rings (SSSR count). The molecule has 0 bridgehead atoms. The summed E-state index contributed by atoms with van der Waals surface area (Å²) < 4.78 is 5.14. The monoisotopic (exact) mass is 249 g/mol. The predicted molar refractivity (Wildman–Crippen MR) is 69.6 cm³/mol. The predicted octanol–water partition coefficient (Wildman–Crippen LogP) is 1.72. The Bertz CT molecular complexity index is 398. The maximum absolute atomic E-state index is 11.7. The van der Waals surface area contributed by atoms with Crippen LogP contribution in [0.25, 0.3) is 0 Å². The van der Waals surface area contributed by atoms with E-state index in [4.69, 9.17) is 4.74 Å². The Morgan fingerprint density at radius 3 is 2.50 bits per heavy atom. The molecule has 98 valence electrons. The number of carbonyl (C=O) groups excluding carboxylic acids is 2. The summed E-state index contributed by atoms with van der Waals surface area (Å²) >= 11 is 0. The van der Waals surface area contributed by atoms with Gasteiger partial charge in [0.05, 0.1) is 0 Å². The Labute approximate surface area is 107 Å². The van der Waals surface area contributed by atoms with E-state index < -0.39 is 11.7 Å². The van der Waals surface area contributed by atoms with Gasteiger partial charge in [-0.1, -0.05) is 29.8 Å². The van der Waals surface area contributed by atoms with Crippen molar-refractivity contribution >= 4 is 11.7 Å². The molecular formula is C14H19NO3. The van der Waals surface area contributed by atoms with E-state index in [1.54, 1.807) is 12.1 Å². The summed E-state index contributed by atoms with van der Waals surface area (Å²) in [5, 5.41) is 2.59. The third-order valence-electron chi connectivity index (χ3n) is 2.48. The summed E-state index contributed by atoms with van der Waals surface area (Å²) in [7, 11) is 0. The molecule has 1 amide bonds. The van der Waals surface area contributed by atoms with E-state index in [1.807, 2.05) is 26.0 Å². The van der Waals surface area contributed by atoms with Crippen molar-refractivity contribution in [1.82, 2.24) is 5.32 Å². The number of hydrogen-bond donors (Lipinski definition) is 1. The Hall–Kier alpha value is -1.68. The van der Waals surface area contributed by atoms with Gasteiger partial charge in [0.2, 0.25) is 5.78 Å². The van der Waals surface area contributed by atoms with Gasteiger partial charge in [0, 0.05) is 25.3 Å². The molecule has 0 radical (unpaired) electrons. The molecule has 0 aliphatic heterocycles. The second-order valence-corrected chi connectivity index (χ2v) is 4.00. The summed E-state index contributed by atoms with van der Waals surface area (Å²) in [5.74, 6) is -1.05. The molecule has 0 saturated heterocycles. The van der Waals surface area contributed by atoms with Gasteiger partial charge in [-0.05, 0) is 20.3 Å². The highest BCUT2D eigenvalue weighted by atomic mass is 16.5. The molecule has 1 aromatic rings. The summed E-state index contributed by atoms with van der Waals surface area (Å²) in [6.45, 7) is 5.56. The Morgan fingerprint density at radius 2 is 1.89 bits per heavy atom. The molecule has 0 fully saturated rings. The fourth-order valence-corrected chi connectivity index (χ4v) is 1.44. The molecule has 0 aliphatic rings. The van der Waals surface area contributed by atoms with Crippen molar-refractivity contribution in [2.24, 2.45) is 0 Å². The van der Waals surface area contributed by atoms with Crippen LogP contribution in [0.15, 0.2) is 24.3 Å². The lowest BCUT2D eigenvalue weighted by molar-refractivity contribution is -0.117. The molecule has 0 aromatic heterocycles. The smallest absolute Gasteiger partial charge is 0.292 e. The summed E-state index contributed by atoms with van der Waals surface area (Å²) in [6, 6.07) is 6.96. The summed E-state index contributed by atoms with van der Waals surface area (Å²) in [4.78, 5) is 23.3. The van der Waals surface area contributed by atoms with Gasteiger partial charge in [-0.15, -0.1) is 0 Å². The number of rotatable bonds is 7. The molecule has 0 aliphatic carbocycles. The number of ketones is 1. The van der Waals surface area contributed by atoms with Crippen molar-refractivity contribution in [2.75, 3.05) is 19.8 Å². The van der Waals surface area contributed by atoms with Crippen LogP contribution in [-0.2, 0) is 9.53 Å². The molecule has 4 nitrogen and oxygen atoms in total. The number of hydrogen-bond acceptors (Lipinski definition) is 3. The minimum atomic E-state index is -0.560. The maximum Gasteiger partial charge on any atom is 0.292 e. The van der Waals surface area contributed by atoms with Crippen LogP contribution in [0.3, 0.4) is 0 Å². The van der Waals surface area contributed by atoms with E-state index in [-0.39, 0.29) is 0 Å². The minimum absolute atomic E-state index is 0.419. The van der Waals surface area contributed by atoms with E-state index in [0.29, 0.717) is 31.7 Å². The van der Waals surface area contributed by atoms with Crippen molar-refractivity contribution < 1.29 is 14.3 Å². The zero-order valence-corrected chi connectivity index (χ0v) is 10.9. The lowest BCUT2D eigenvalue weighted by Gasteiger charge is -2.05. The van der Waals surface area contributed by atoms with Crippen LogP contribution in [-0.4, -0.2) is 31.4 Å². The van der Waals surface area contributed by atoms with E-state index in [2.05, 4.69) is 5.32 Å². The van der Waals surface area contributed by atoms with Crippen LogP contribution in [0.4, 0.5) is 0 Å². The van der Waals surface area contributed by atoms with Gasteiger partial charge in [0.1, 0.15) is 0 Å². The quantitative estimate of drug-likeness (QED) is 0.455. The van der Waals surface area contributed by atoms with Crippen molar-refractivity contribution in [3.63, 3.8) is 0 Å². The highest BCUT2D eigenvalue weighted by Crippen LogP contribution is 2.03. The molecule has 4 heteroatoms. The van der Waals surface area contributed by atoms with Gasteiger partial charge in [0.25, 0.3) is 5.91 Å². The van der Waals surface area contributed by atoms with E-state index in [9.17, 15) is 9.59 Å². The zero-order chi connectivity index (χ0) is 13.4. The maximum atomic E-state index is 11.7. The number of aryl methyl sites for hydroxylation is 1. The second-order valence-electron chi connectivity index (χ2n) is 4.00.